The van der Waals surface area contributed by atoms with Gasteiger partial charge in [-0.15, -0.1) is 0 Å². The first kappa shape index (κ1) is 28.3. The maximum atomic E-state index is 11.7. The average molecular weight is 510 g/mol. The van der Waals surface area contributed by atoms with Crippen LogP contribution in [-0.2, 0) is 18.7 Å². The third-order valence-corrected chi connectivity index (χ3v) is 11.2. The molecule has 0 saturated heterocycles. The fraction of sp³-hybridized carbons (Fsp3) is 0.560. The van der Waals surface area contributed by atoms with E-state index in [0.29, 0.717) is 24.7 Å². The minimum atomic E-state index is -3.59. The van der Waals surface area contributed by atoms with Crippen LogP contribution in [0.1, 0.15) is 45.6 Å². The van der Waals surface area contributed by atoms with Crippen molar-refractivity contribution in [3.63, 3.8) is 0 Å². The van der Waals surface area contributed by atoms with Crippen molar-refractivity contribution in [1.82, 2.24) is 4.98 Å². The molecule has 2 rings (SSSR count). The SMILES string of the molecule is CCCOc1cc(-c2cncc(C(CO[Si](C)(C)C(C)(C)C)COS(C)(=O)=O)c2)ccc1OC. The number of benzene rings is 1. The van der Waals surface area contributed by atoms with Crippen molar-refractivity contribution in [2.24, 2.45) is 0 Å². The van der Waals surface area contributed by atoms with Gasteiger partial charge in [-0.05, 0) is 53.9 Å². The van der Waals surface area contributed by atoms with Crippen molar-refractivity contribution in [1.29, 1.82) is 0 Å². The molecule has 0 saturated carbocycles. The lowest BCUT2D eigenvalue weighted by atomic mass is 9.98. The summed E-state index contributed by atoms with van der Waals surface area (Å²) in [5.41, 5.74) is 2.67. The van der Waals surface area contributed by atoms with Crippen LogP contribution in [0.4, 0.5) is 0 Å². The molecule has 0 fully saturated rings. The van der Waals surface area contributed by atoms with Crippen LogP contribution in [0.2, 0.25) is 18.1 Å². The molecule has 1 aromatic carbocycles. The van der Waals surface area contributed by atoms with E-state index in [1.807, 2.05) is 31.2 Å². The summed E-state index contributed by atoms with van der Waals surface area (Å²) in [4.78, 5) is 4.43. The summed E-state index contributed by atoms with van der Waals surface area (Å²) in [6, 6.07) is 7.76. The molecule has 0 spiro atoms. The van der Waals surface area contributed by atoms with Gasteiger partial charge >= 0.3 is 0 Å². The molecule has 0 aliphatic heterocycles. The first-order chi connectivity index (χ1) is 15.8. The Balaban J connectivity index is 2.37. The zero-order valence-electron chi connectivity index (χ0n) is 21.7. The quantitative estimate of drug-likeness (QED) is 0.271. The number of hydrogen-bond acceptors (Lipinski definition) is 7. The Morgan fingerprint density at radius 3 is 2.32 bits per heavy atom. The van der Waals surface area contributed by atoms with Crippen LogP contribution in [0.5, 0.6) is 11.5 Å². The molecule has 34 heavy (non-hydrogen) atoms. The predicted octanol–water partition coefficient (Wildman–Crippen LogP) is 5.63. The highest BCUT2D eigenvalue weighted by molar-refractivity contribution is 7.85. The topological polar surface area (TPSA) is 84.0 Å². The van der Waals surface area contributed by atoms with Gasteiger partial charge in [-0.1, -0.05) is 33.8 Å². The smallest absolute Gasteiger partial charge is 0.264 e. The number of ether oxygens (including phenoxy) is 2. The Morgan fingerprint density at radius 1 is 1.03 bits per heavy atom. The van der Waals surface area contributed by atoms with Crippen molar-refractivity contribution in [2.75, 3.05) is 33.2 Å². The first-order valence-corrected chi connectivity index (χ1v) is 16.2. The lowest BCUT2D eigenvalue weighted by Gasteiger charge is -2.37. The third kappa shape index (κ3) is 8.08. The van der Waals surface area contributed by atoms with Gasteiger partial charge in [0.25, 0.3) is 10.1 Å². The van der Waals surface area contributed by atoms with E-state index in [9.17, 15) is 8.42 Å². The van der Waals surface area contributed by atoms with Gasteiger partial charge in [-0.2, -0.15) is 8.42 Å². The zero-order chi connectivity index (χ0) is 25.6. The molecule has 1 heterocycles. The van der Waals surface area contributed by atoms with Gasteiger partial charge in [0.1, 0.15) is 0 Å². The van der Waals surface area contributed by atoms with Crippen LogP contribution in [-0.4, -0.2) is 54.9 Å². The molecule has 1 unspecified atom stereocenters. The monoisotopic (exact) mass is 509 g/mol. The van der Waals surface area contributed by atoms with Gasteiger partial charge in [-0.3, -0.25) is 9.17 Å². The predicted molar refractivity (Wildman–Crippen MR) is 139 cm³/mol. The summed E-state index contributed by atoms with van der Waals surface area (Å²) < 4.78 is 46.3. The third-order valence-electron chi connectivity index (χ3n) is 6.12. The number of pyridine rings is 1. The summed E-state index contributed by atoms with van der Waals surface area (Å²) in [5, 5.41) is 0.0350. The number of methoxy groups -OCH3 is 1. The van der Waals surface area contributed by atoms with Gasteiger partial charge in [-0.25, -0.2) is 0 Å². The molecule has 0 bridgehead atoms. The largest absolute Gasteiger partial charge is 0.493 e. The van der Waals surface area contributed by atoms with E-state index in [-0.39, 0.29) is 17.6 Å². The zero-order valence-corrected chi connectivity index (χ0v) is 23.5. The van der Waals surface area contributed by atoms with E-state index >= 15 is 0 Å². The Bertz CT molecular complexity index is 1050. The molecular weight excluding hydrogens is 470 g/mol. The Morgan fingerprint density at radius 2 is 1.74 bits per heavy atom. The van der Waals surface area contributed by atoms with E-state index in [2.05, 4.69) is 38.8 Å². The van der Waals surface area contributed by atoms with E-state index in [1.165, 1.54) is 0 Å². The van der Waals surface area contributed by atoms with Crippen LogP contribution in [0.25, 0.3) is 11.1 Å². The van der Waals surface area contributed by atoms with E-state index in [1.54, 1.807) is 19.5 Å². The average Bonchev–Trinajstić information content (AvgIpc) is 2.76. The molecule has 190 valence electrons. The maximum absolute atomic E-state index is 11.7. The molecule has 1 atom stereocenters. The first-order valence-electron chi connectivity index (χ1n) is 11.5. The lowest BCUT2D eigenvalue weighted by Crippen LogP contribution is -2.42. The molecule has 0 radical (unpaired) electrons. The van der Waals surface area contributed by atoms with Gasteiger partial charge in [0.15, 0.2) is 19.8 Å². The van der Waals surface area contributed by atoms with Crippen LogP contribution in [0.3, 0.4) is 0 Å². The fourth-order valence-corrected chi connectivity index (χ4v) is 4.45. The molecule has 0 amide bonds. The molecule has 0 aliphatic carbocycles. The number of hydrogen-bond donors (Lipinski definition) is 0. The summed E-state index contributed by atoms with van der Waals surface area (Å²) in [6.45, 7) is 13.8. The second-order valence-corrected chi connectivity index (χ2v) is 16.4. The van der Waals surface area contributed by atoms with E-state index in [4.69, 9.17) is 18.1 Å². The van der Waals surface area contributed by atoms with Crippen molar-refractivity contribution >= 4 is 18.4 Å². The van der Waals surface area contributed by atoms with Crippen molar-refractivity contribution in [3.05, 3.63) is 42.2 Å². The highest BCUT2D eigenvalue weighted by Gasteiger charge is 2.37. The molecule has 0 N–H and O–H groups in total. The van der Waals surface area contributed by atoms with Crippen LogP contribution in [0, 0.1) is 0 Å². The minimum Gasteiger partial charge on any atom is -0.493 e. The summed E-state index contributed by atoms with van der Waals surface area (Å²) in [5.74, 6) is 1.05. The Labute approximate surface area is 206 Å². The van der Waals surface area contributed by atoms with Crippen LogP contribution in [0.15, 0.2) is 36.7 Å². The van der Waals surface area contributed by atoms with E-state index < -0.39 is 18.4 Å². The second kappa shape index (κ2) is 11.7. The van der Waals surface area contributed by atoms with Crippen LogP contribution < -0.4 is 9.47 Å². The van der Waals surface area contributed by atoms with Gasteiger partial charge in [0, 0.05) is 30.5 Å². The van der Waals surface area contributed by atoms with Gasteiger partial charge in [0.2, 0.25) is 0 Å². The number of rotatable bonds is 12. The molecule has 9 heteroatoms. The summed E-state index contributed by atoms with van der Waals surface area (Å²) in [6.07, 6.45) is 5.47. The molecular formula is C25H39NO6SSi. The van der Waals surface area contributed by atoms with Gasteiger partial charge in [0.05, 0.1) is 26.6 Å². The van der Waals surface area contributed by atoms with Crippen molar-refractivity contribution < 1.29 is 26.5 Å². The number of aromatic nitrogens is 1. The number of nitrogens with zero attached hydrogens (tertiary/aromatic N) is 1. The summed E-state index contributed by atoms with van der Waals surface area (Å²) in [7, 11) is -4.01. The minimum absolute atomic E-state index is 0.00787. The highest BCUT2D eigenvalue weighted by atomic mass is 32.2. The molecule has 1 aromatic heterocycles. The highest BCUT2D eigenvalue weighted by Crippen LogP contribution is 2.38. The Hall–Kier alpha value is -1.94. The van der Waals surface area contributed by atoms with Crippen molar-refractivity contribution in [2.45, 2.75) is 58.2 Å². The Kier molecular flexibility index (Phi) is 9.70. The molecule has 0 aliphatic rings. The van der Waals surface area contributed by atoms with E-state index in [0.717, 1.165) is 29.4 Å². The lowest BCUT2D eigenvalue weighted by molar-refractivity contribution is 0.211. The van der Waals surface area contributed by atoms with Crippen molar-refractivity contribution in [3.8, 4) is 22.6 Å². The molecule has 2 aromatic rings. The maximum Gasteiger partial charge on any atom is 0.264 e. The molecule has 7 nitrogen and oxygen atoms in total. The second-order valence-electron chi connectivity index (χ2n) is 9.98. The summed E-state index contributed by atoms with van der Waals surface area (Å²) >= 11 is 0. The normalized spacial score (nSPS) is 13.5. The van der Waals surface area contributed by atoms with Gasteiger partial charge < -0.3 is 13.9 Å². The van der Waals surface area contributed by atoms with Crippen LogP contribution >= 0.6 is 0 Å². The standard InChI is InChI=1S/C25H39NO6SSi/c1-9-12-30-24-14-19(10-11-23(24)29-5)20-13-21(16-26-15-20)22(17-31-33(6,27)28)18-32-34(7,8)25(2,3)4/h10-11,13-16,22H,9,12,17-18H2,1-8H3. The fourth-order valence-electron chi connectivity index (χ4n) is 2.99.